The van der Waals surface area contributed by atoms with E-state index >= 15 is 0 Å². The number of piperazine rings is 1. The summed E-state index contributed by atoms with van der Waals surface area (Å²) in [5.41, 5.74) is 0.394. The molecular weight excluding hydrogens is 478 g/mol. The second-order valence-corrected chi connectivity index (χ2v) is 9.16. The molecule has 2 aromatic heterocycles. The Morgan fingerprint density at radius 2 is 1.77 bits per heavy atom. The van der Waals surface area contributed by atoms with E-state index in [4.69, 9.17) is 0 Å². The van der Waals surface area contributed by atoms with Crippen molar-refractivity contribution in [3.63, 3.8) is 0 Å². The molecular formula is C22H26F6N6O. The van der Waals surface area contributed by atoms with Crippen LogP contribution in [0.25, 0.3) is 0 Å². The first kappa shape index (κ1) is 25.3. The highest BCUT2D eigenvalue weighted by Crippen LogP contribution is 2.30. The van der Waals surface area contributed by atoms with E-state index in [0.29, 0.717) is 43.1 Å². The number of nitrogens with zero attached hydrogens (tertiary/aromatic N) is 6. The summed E-state index contributed by atoms with van der Waals surface area (Å²) < 4.78 is 77.3. The number of pyridine rings is 1. The molecule has 1 amide bonds. The van der Waals surface area contributed by atoms with Crippen molar-refractivity contribution in [2.75, 3.05) is 31.1 Å². The van der Waals surface area contributed by atoms with Crippen LogP contribution in [0.4, 0.5) is 32.2 Å². The number of amides is 1. The van der Waals surface area contributed by atoms with Crippen LogP contribution in [0, 0.1) is 0 Å². The first-order chi connectivity index (χ1) is 16.3. The molecule has 192 valence electrons. The Morgan fingerprint density at radius 1 is 1.09 bits per heavy atom. The lowest BCUT2D eigenvalue weighted by Gasteiger charge is -2.45. The largest absolute Gasteiger partial charge is 0.417 e. The summed E-state index contributed by atoms with van der Waals surface area (Å²) >= 11 is 0. The van der Waals surface area contributed by atoms with Gasteiger partial charge < -0.3 is 9.80 Å². The normalized spacial score (nSPS) is 21.8. The molecule has 0 aromatic carbocycles. The van der Waals surface area contributed by atoms with Crippen molar-refractivity contribution < 1.29 is 31.1 Å². The van der Waals surface area contributed by atoms with Gasteiger partial charge in [0.05, 0.1) is 17.8 Å². The standard InChI is InChI=1S/C22H26F6N6O/c1-14-8-32(19-4-3-17(7-29-19)22(26,27)28)9-15(2)34(14)12-20(35)31-6-5-18-16(10-31)11-33(30-18)13-21(23,24)25/h3-4,7,11,14-15H,5-6,8-10,12-13H2,1-2H3/t14-,15+. The molecule has 0 spiro atoms. The van der Waals surface area contributed by atoms with Crippen LogP contribution in [0.3, 0.4) is 0 Å². The maximum atomic E-state index is 13.0. The molecule has 2 aliphatic rings. The molecule has 4 rings (SSSR count). The van der Waals surface area contributed by atoms with E-state index in [1.54, 1.807) is 4.90 Å². The second kappa shape index (κ2) is 9.32. The average molecular weight is 504 g/mol. The summed E-state index contributed by atoms with van der Waals surface area (Å²) in [4.78, 5) is 22.6. The zero-order valence-electron chi connectivity index (χ0n) is 19.3. The zero-order chi connectivity index (χ0) is 25.5. The van der Waals surface area contributed by atoms with Gasteiger partial charge in [-0.25, -0.2) is 4.98 Å². The topological polar surface area (TPSA) is 57.5 Å². The molecule has 13 heteroatoms. The smallest absolute Gasteiger partial charge is 0.354 e. The Kier molecular flexibility index (Phi) is 6.73. The Bertz CT molecular complexity index is 1040. The van der Waals surface area contributed by atoms with E-state index in [0.717, 1.165) is 16.9 Å². The van der Waals surface area contributed by atoms with Crippen molar-refractivity contribution in [2.24, 2.45) is 0 Å². The number of carbonyl (C=O) groups is 1. The predicted molar refractivity (Wildman–Crippen MR) is 114 cm³/mol. The second-order valence-electron chi connectivity index (χ2n) is 9.16. The van der Waals surface area contributed by atoms with Gasteiger partial charge in [0.15, 0.2) is 0 Å². The van der Waals surface area contributed by atoms with E-state index in [-0.39, 0.29) is 31.1 Å². The first-order valence-electron chi connectivity index (χ1n) is 11.2. The van der Waals surface area contributed by atoms with Gasteiger partial charge in [-0.05, 0) is 26.0 Å². The van der Waals surface area contributed by atoms with Crippen molar-refractivity contribution in [2.45, 2.75) is 57.8 Å². The Balaban J connectivity index is 1.36. The molecule has 2 aliphatic heterocycles. The Hall–Kier alpha value is -2.83. The average Bonchev–Trinajstić information content (AvgIpc) is 3.15. The summed E-state index contributed by atoms with van der Waals surface area (Å²) in [6, 6.07) is 2.23. The summed E-state index contributed by atoms with van der Waals surface area (Å²) in [6.45, 7) is 4.43. The fourth-order valence-electron chi connectivity index (χ4n) is 4.70. The highest BCUT2D eigenvalue weighted by atomic mass is 19.4. The first-order valence-corrected chi connectivity index (χ1v) is 11.2. The van der Waals surface area contributed by atoms with Gasteiger partial charge in [0.2, 0.25) is 5.91 Å². The molecule has 0 N–H and O–H groups in total. The lowest BCUT2D eigenvalue weighted by atomic mass is 10.1. The third-order valence-corrected chi connectivity index (χ3v) is 6.42. The van der Waals surface area contributed by atoms with E-state index < -0.39 is 24.5 Å². The monoisotopic (exact) mass is 504 g/mol. The number of halogens is 6. The SMILES string of the molecule is C[C@@H]1CN(c2ccc(C(F)(F)F)cn2)C[C@H](C)N1CC(=O)N1CCc2nn(CC(F)(F)F)cc2C1. The van der Waals surface area contributed by atoms with Crippen molar-refractivity contribution in [1.82, 2.24) is 24.6 Å². The third-order valence-electron chi connectivity index (χ3n) is 6.42. The van der Waals surface area contributed by atoms with Gasteiger partial charge in [-0.15, -0.1) is 0 Å². The lowest BCUT2D eigenvalue weighted by molar-refractivity contribution is -0.142. The molecule has 1 fully saturated rings. The number of fused-ring (bicyclic) bond motifs is 1. The molecule has 0 aliphatic carbocycles. The molecule has 0 unspecified atom stereocenters. The Morgan fingerprint density at radius 3 is 2.34 bits per heavy atom. The minimum Gasteiger partial charge on any atom is -0.354 e. The number of rotatable bonds is 4. The van der Waals surface area contributed by atoms with Gasteiger partial charge in [-0.3, -0.25) is 14.4 Å². The van der Waals surface area contributed by atoms with Crippen LogP contribution in [0.15, 0.2) is 24.5 Å². The fraction of sp³-hybridized carbons (Fsp3) is 0.591. The predicted octanol–water partition coefficient (Wildman–Crippen LogP) is 3.34. The van der Waals surface area contributed by atoms with Crippen LogP contribution in [0.1, 0.15) is 30.7 Å². The maximum Gasteiger partial charge on any atom is 0.417 e. The number of aromatic nitrogens is 3. The molecule has 35 heavy (non-hydrogen) atoms. The third kappa shape index (κ3) is 5.88. The fourth-order valence-corrected chi connectivity index (χ4v) is 4.70. The number of anilines is 1. The number of carbonyl (C=O) groups excluding carboxylic acids is 1. The number of hydrogen-bond acceptors (Lipinski definition) is 5. The summed E-state index contributed by atoms with van der Waals surface area (Å²) in [5, 5.41) is 4.00. The minimum absolute atomic E-state index is 0.0679. The molecule has 1 saturated heterocycles. The van der Waals surface area contributed by atoms with E-state index in [1.807, 2.05) is 23.6 Å². The highest BCUT2D eigenvalue weighted by molar-refractivity contribution is 5.78. The van der Waals surface area contributed by atoms with E-state index in [1.165, 1.54) is 12.3 Å². The molecule has 2 atom stereocenters. The van der Waals surface area contributed by atoms with E-state index in [2.05, 4.69) is 10.1 Å². The van der Waals surface area contributed by atoms with Gasteiger partial charge in [-0.1, -0.05) is 0 Å². The maximum absolute atomic E-state index is 13.0. The number of alkyl halides is 6. The summed E-state index contributed by atoms with van der Waals surface area (Å²) in [7, 11) is 0. The van der Waals surface area contributed by atoms with Crippen LogP contribution >= 0.6 is 0 Å². The van der Waals surface area contributed by atoms with Crippen LogP contribution in [0.5, 0.6) is 0 Å². The molecule has 2 aromatic rings. The van der Waals surface area contributed by atoms with Gasteiger partial charge in [-0.2, -0.15) is 31.4 Å². The van der Waals surface area contributed by atoms with Gasteiger partial charge in [0, 0.05) is 62.6 Å². The molecule has 4 heterocycles. The summed E-state index contributed by atoms with van der Waals surface area (Å²) in [5.74, 6) is 0.320. The summed E-state index contributed by atoms with van der Waals surface area (Å²) in [6.07, 6.45) is -6.25. The quantitative estimate of drug-likeness (QED) is 0.598. The van der Waals surface area contributed by atoms with Crippen LogP contribution in [0.2, 0.25) is 0 Å². The van der Waals surface area contributed by atoms with Crippen molar-refractivity contribution in [1.29, 1.82) is 0 Å². The highest BCUT2D eigenvalue weighted by Gasteiger charge is 2.35. The lowest BCUT2D eigenvalue weighted by Crippen LogP contribution is -2.59. The van der Waals surface area contributed by atoms with Crippen molar-refractivity contribution in [3.8, 4) is 0 Å². The van der Waals surface area contributed by atoms with Gasteiger partial charge in [0.25, 0.3) is 0 Å². The molecule has 7 nitrogen and oxygen atoms in total. The minimum atomic E-state index is -4.45. The Labute approximate surface area is 198 Å². The van der Waals surface area contributed by atoms with E-state index in [9.17, 15) is 31.1 Å². The van der Waals surface area contributed by atoms with Gasteiger partial charge >= 0.3 is 12.4 Å². The zero-order valence-corrected chi connectivity index (χ0v) is 19.3. The van der Waals surface area contributed by atoms with Crippen LogP contribution in [-0.2, 0) is 30.5 Å². The van der Waals surface area contributed by atoms with Crippen LogP contribution < -0.4 is 4.90 Å². The van der Waals surface area contributed by atoms with Crippen molar-refractivity contribution in [3.05, 3.63) is 41.3 Å². The molecule has 0 radical (unpaired) electrons. The molecule has 0 bridgehead atoms. The van der Waals surface area contributed by atoms with Gasteiger partial charge in [0.1, 0.15) is 12.4 Å². The van der Waals surface area contributed by atoms with Crippen molar-refractivity contribution >= 4 is 11.7 Å². The molecule has 0 saturated carbocycles. The number of hydrogen-bond donors (Lipinski definition) is 0. The van der Waals surface area contributed by atoms with Crippen LogP contribution in [-0.4, -0.2) is 74.9 Å².